The third kappa shape index (κ3) is 3.18. The fourth-order valence-electron chi connectivity index (χ4n) is 1.61. The van der Waals surface area contributed by atoms with E-state index in [1.54, 1.807) is 18.2 Å². The molecule has 0 saturated carbocycles. The van der Waals surface area contributed by atoms with Gasteiger partial charge < -0.3 is 10.1 Å². The zero-order valence-corrected chi connectivity index (χ0v) is 12.5. The van der Waals surface area contributed by atoms with Gasteiger partial charge in [0.15, 0.2) is 0 Å². The molecule has 104 valence electrons. The zero-order valence-electron chi connectivity index (χ0n) is 10.9. The Labute approximate surface area is 125 Å². The summed E-state index contributed by atoms with van der Waals surface area (Å²) < 4.78 is 4.63. The summed E-state index contributed by atoms with van der Waals surface area (Å²) in [5.74, 6) is -0.740. The first-order valence-corrected chi connectivity index (χ1v) is 6.96. The van der Waals surface area contributed by atoms with Gasteiger partial charge >= 0.3 is 5.97 Å². The summed E-state index contributed by atoms with van der Waals surface area (Å²) in [5, 5.41) is 3.05. The molecular weight excluding hydrogens is 298 g/mol. The fraction of sp³-hybridized carbons (Fsp3) is 0.143. The van der Waals surface area contributed by atoms with Gasteiger partial charge in [0.05, 0.1) is 28.3 Å². The van der Waals surface area contributed by atoms with Crippen LogP contribution in [0.3, 0.4) is 0 Å². The van der Waals surface area contributed by atoms with Crippen molar-refractivity contribution >= 4 is 40.5 Å². The van der Waals surface area contributed by atoms with Gasteiger partial charge in [-0.2, -0.15) is 0 Å². The maximum atomic E-state index is 12.1. The fourth-order valence-corrected chi connectivity index (χ4v) is 2.53. The van der Waals surface area contributed by atoms with E-state index >= 15 is 0 Å². The second-order valence-electron chi connectivity index (χ2n) is 4.05. The first-order valence-electron chi connectivity index (χ1n) is 5.77. The summed E-state index contributed by atoms with van der Waals surface area (Å²) in [6.07, 6.45) is 0. The molecule has 0 spiro atoms. The number of amides is 1. The van der Waals surface area contributed by atoms with E-state index in [0.29, 0.717) is 21.2 Å². The maximum Gasteiger partial charge on any atom is 0.337 e. The highest BCUT2D eigenvalue weighted by Gasteiger charge is 2.13. The standard InChI is InChI=1S/C14H12ClNO3S/c1-8-3-6-12(20-8)13(17)16-11-7-9(14(18)19-2)4-5-10(11)15/h3-7H,1-2H3,(H,16,17). The summed E-state index contributed by atoms with van der Waals surface area (Å²) in [5.41, 5.74) is 0.708. The molecule has 0 fully saturated rings. The van der Waals surface area contributed by atoms with Gasteiger partial charge in [-0.15, -0.1) is 11.3 Å². The van der Waals surface area contributed by atoms with Crippen molar-refractivity contribution in [3.05, 3.63) is 50.7 Å². The molecule has 20 heavy (non-hydrogen) atoms. The van der Waals surface area contributed by atoms with Gasteiger partial charge in [0.25, 0.3) is 5.91 Å². The molecule has 1 aromatic heterocycles. The van der Waals surface area contributed by atoms with Crippen LogP contribution in [-0.2, 0) is 4.74 Å². The van der Waals surface area contributed by atoms with Gasteiger partial charge in [0.2, 0.25) is 0 Å². The summed E-state index contributed by atoms with van der Waals surface area (Å²) in [7, 11) is 1.30. The van der Waals surface area contributed by atoms with Crippen LogP contribution in [0.1, 0.15) is 24.9 Å². The van der Waals surface area contributed by atoms with Crippen molar-refractivity contribution < 1.29 is 14.3 Å². The first-order chi connectivity index (χ1) is 9.51. The van der Waals surface area contributed by atoms with Crippen LogP contribution in [0.4, 0.5) is 5.69 Å². The summed E-state index contributed by atoms with van der Waals surface area (Å²) in [4.78, 5) is 25.1. The second-order valence-corrected chi connectivity index (χ2v) is 5.75. The quantitative estimate of drug-likeness (QED) is 0.879. The molecular formula is C14H12ClNO3S. The van der Waals surface area contributed by atoms with Gasteiger partial charge in [0, 0.05) is 4.88 Å². The van der Waals surface area contributed by atoms with Crippen LogP contribution in [0, 0.1) is 6.92 Å². The Morgan fingerprint density at radius 1 is 1.25 bits per heavy atom. The van der Waals surface area contributed by atoms with Crippen LogP contribution < -0.4 is 5.32 Å². The van der Waals surface area contributed by atoms with E-state index in [1.165, 1.54) is 24.5 Å². The zero-order chi connectivity index (χ0) is 14.7. The number of halogens is 1. The van der Waals surface area contributed by atoms with Crippen molar-refractivity contribution in [1.29, 1.82) is 0 Å². The van der Waals surface area contributed by atoms with Crippen LogP contribution in [0.15, 0.2) is 30.3 Å². The molecule has 1 heterocycles. The third-order valence-electron chi connectivity index (χ3n) is 2.60. The monoisotopic (exact) mass is 309 g/mol. The lowest BCUT2D eigenvalue weighted by Gasteiger charge is -2.08. The maximum absolute atomic E-state index is 12.1. The molecule has 0 radical (unpaired) electrons. The molecule has 2 rings (SSSR count). The molecule has 0 bridgehead atoms. The average molecular weight is 310 g/mol. The van der Waals surface area contributed by atoms with E-state index < -0.39 is 5.97 Å². The summed E-state index contributed by atoms with van der Waals surface area (Å²) in [6, 6.07) is 8.19. The number of nitrogens with one attached hydrogen (secondary N) is 1. The number of hydrogen-bond acceptors (Lipinski definition) is 4. The number of esters is 1. The highest BCUT2D eigenvalue weighted by atomic mass is 35.5. The minimum Gasteiger partial charge on any atom is -0.465 e. The lowest BCUT2D eigenvalue weighted by atomic mass is 10.2. The molecule has 1 N–H and O–H groups in total. The molecule has 0 atom stereocenters. The van der Waals surface area contributed by atoms with Crippen LogP contribution >= 0.6 is 22.9 Å². The van der Waals surface area contributed by atoms with E-state index in [-0.39, 0.29) is 5.91 Å². The number of aryl methyl sites for hydroxylation is 1. The average Bonchev–Trinajstić information content (AvgIpc) is 2.87. The van der Waals surface area contributed by atoms with Crippen molar-refractivity contribution in [1.82, 2.24) is 0 Å². The van der Waals surface area contributed by atoms with E-state index in [9.17, 15) is 9.59 Å². The molecule has 0 aliphatic carbocycles. The van der Waals surface area contributed by atoms with Gasteiger partial charge in [-0.25, -0.2) is 4.79 Å². The molecule has 2 aromatic rings. The lowest BCUT2D eigenvalue weighted by Crippen LogP contribution is -2.11. The Balaban J connectivity index is 2.24. The molecule has 6 heteroatoms. The smallest absolute Gasteiger partial charge is 0.337 e. The normalized spacial score (nSPS) is 10.2. The van der Waals surface area contributed by atoms with Crippen molar-refractivity contribution in [2.24, 2.45) is 0 Å². The number of anilines is 1. The molecule has 1 aromatic carbocycles. The van der Waals surface area contributed by atoms with Crippen LogP contribution in [0.2, 0.25) is 5.02 Å². The Kier molecular flexibility index (Phi) is 4.42. The highest BCUT2D eigenvalue weighted by Crippen LogP contribution is 2.25. The predicted molar refractivity (Wildman–Crippen MR) is 79.8 cm³/mol. The van der Waals surface area contributed by atoms with Gasteiger partial charge in [-0.3, -0.25) is 4.79 Å². The van der Waals surface area contributed by atoms with E-state index in [4.69, 9.17) is 11.6 Å². The van der Waals surface area contributed by atoms with Crippen LogP contribution in [0.5, 0.6) is 0 Å². The van der Waals surface area contributed by atoms with E-state index in [2.05, 4.69) is 10.1 Å². The lowest BCUT2D eigenvalue weighted by molar-refractivity contribution is 0.0600. The van der Waals surface area contributed by atoms with E-state index in [1.807, 2.05) is 13.0 Å². The Morgan fingerprint density at radius 2 is 2.00 bits per heavy atom. The Morgan fingerprint density at radius 3 is 2.60 bits per heavy atom. The topological polar surface area (TPSA) is 55.4 Å². The molecule has 0 unspecified atom stereocenters. The highest BCUT2D eigenvalue weighted by molar-refractivity contribution is 7.14. The van der Waals surface area contributed by atoms with Crippen molar-refractivity contribution in [3.8, 4) is 0 Å². The van der Waals surface area contributed by atoms with Gasteiger partial charge in [-0.05, 0) is 37.3 Å². The summed E-state index contributed by atoms with van der Waals surface area (Å²) in [6.45, 7) is 1.92. The molecule has 1 amide bonds. The number of ether oxygens (including phenoxy) is 1. The summed E-state index contributed by atoms with van der Waals surface area (Å²) >= 11 is 7.41. The Hall–Kier alpha value is -1.85. The molecule has 0 saturated heterocycles. The minimum atomic E-state index is -0.482. The number of carbonyl (C=O) groups is 2. The van der Waals surface area contributed by atoms with Crippen molar-refractivity contribution in [2.75, 3.05) is 12.4 Å². The third-order valence-corrected chi connectivity index (χ3v) is 3.93. The van der Waals surface area contributed by atoms with Crippen molar-refractivity contribution in [2.45, 2.75) is 6.92 Å². The number of carbonyl (C=O) groups excluding carboxylic acids is 2. The van der Waals surface area contributed by atoms with Gasteiger partial charge in [-0.1, -0.05) is 11.6 Å². The van der Waals surface area contributed by atoms with Crippen LogP contribution in [-0.4, -0.2) is 19.0 Å². The molecule has 0 aliphatic heterocycles. The number of thiophene rings is 1. The second kappa shape index (κ2) is 6.07. The van der Waals surface area contributed by atoms with Crippen LogP contribution in [0.25, 0.3) is 0 Å². The SMILES string of the molecule is COC(=O)c1ccc(Cl)c(NC(=O)c2ccc(C)s2)c1. The van der Waals surface area contributed by atoms with E-state index in [0.717, 1.165) is 4.88 Å². The number of rotatable bonds is 3. The Bertz CT molecular complexity index is 666. The minimum absolute atomic E-state index is 0.257. The first kappa shape index (κ1) is 14.6. The number of hydrogen-bond donors (Lipinski definition) is 1. The largest absolute Gasteiger partial charge is 0.465 e. The predicted octanol–water partition coefficient (Wildman–Crippen LogP) is 3.75. The number of benzene rings is 1. The number of methoxy groups -OCH3 is 1. The van der Waals surface area contributed by atoms with Gasteiger partial charge in [0.1, 0.15) is 0 Å². The molecule has 4 nitrogen and oxygen atoms in total. The van der Waals surface area contributed by atoms with Crippen molar-refractivity contribution in [3.63, 3.8) is 0 Å². The molecule has 0 aliphatic rings.